The van der Waals surface area contributed by atoms with E-state index in [2.05, 4.69) is 10.5 Å². The molecule has 0 aliphatic rings. The van der Waals surface area contributed by atoms with E-state index in [0.717, 1.165) is 11.1 Å². The number of hydrogen-bond donors (Lipinski definition) is 1. The lowest BCUT2D eigenvalue weighted by atomic mass is 10.1. The molecule has 3 aromatic rings. The number of esters is 1. The van der Waals surface area contributed by atoms with Crippen molar-refractivity contribution in [3.63, 3.8) is 0 Å². The van der Waals surface area contributed by atoms with Crippen molar-refractivity contribution in [3.05, 3.63) is 99.1 Å². The number of rotatable bonds is 8. The second-order valence-corrected chi connectivity index (χ2v) is 7.06. The van der Waals surface area contributed by atoms with Crippen LogP contribution >= 0.6 is 0 Å². The van der Waals surface area contributed by atoms with Crippen LogP contribution in [0.15, 0.2) is 71.8 Å². The second kappa shape index (κ2) is 10.7. The van der Waals surface area contributed by atoms with Crippen LogP contribution in [0.1, 0.15) is 27.0 Å². The first kappa shape index (κ1) is 23.1. The predicted molar refractivity (Wildman–Crippen MR) is 122 cm³/mol. The van der Waals surface area contributed by atoms with Crippen molar-refractivity contribution in [3.8, 4) is 11.5 Å². The SMILES string of the molecule is Cc1ccc(OCC(=O)N/N=C/c2ccccc2OC(=O)c2ccc([N+](=O)[O-])cc2)cc1C. The quantitative estimate of drug-likeness (QED) is 0.183. The summed E-state index contributed by atoms with van der Waals surface area (Å²) in [6.07, 6.45) is 1.34. The maximum Gasteiger partial charge on any atom is 0.343 e. The van der Waals surface area contributed by atoms with Crippen molar-refractivity contribution in [2.45, 2.75) is 13.8 Å². The average molecular weight is 447 g/mol. The van der Waals surface area contributed by atoms with Crippen molar-refractivity contribution >= 4 is 23.8 Å². The summed E-state index contributed by atoms with van der Waals surface area (Å²) in [7, 11) is 0. The Balaban J connectivity index is 1.58. The monoisotopic (exact) mass is 447 g/mol. The zero-order valence-corrected chi connectivity index (χ0v) is 18.0. The Morgan fingerprint density at radius 1 is 1.03 bits per heavy atom. The van der Waals surface area contributed by atoms with Gasteiger partial charge in [-0.15, -0.1) is 0 Å². The molecule has 0 atom stereocenters. The number of non-ortho nitro benzene ring substituents is 1. The summed E-state index contributed by atoms with van der Waals surface area (Å²) in [6, 6.07) is 17.2. The van der Waals surface area contributed by atoms with E-state index < -0.39 is 16.8 Å². The number of benzene rings is 3. The summed E-state index contributed by atoms with van der Waals surface area (Å²) in [6.45, 7) is 3.73. The van der Waals surface area contributed by atoms with Crippen LogP contribution in [0.3, 0.4) is 0 Å². The Bertz CT molecular complexity index is 1210. The van der Waals surface area contributed by atoms with Gasteiger partial charge in [0.05, 0.1) is 16.7 Å². The number of carbonyl (C=O) groups excluding carboxylic acids is 2. The third-order valence-corrected chi connectivity index (χ3v) is 4.68. The van der Waals surface area contributed by atoms with E-state index in [1.54, 1.807) is 30.3 Å². The number of hydrazone groups is 1. The molecule has 0 aliphatic carbocycles. The van der Waals surface area contributed by atoms with Crippen molar-refractivity contribution in [2.24, 2.45) is 5.10 Å². The highest BCUT2D eigenvalue weighted by Crippen LogP contribution is 2.19. The van der Waals surface area contributed by atoms with Crippen molar-refractivity contribution in [1.82, 2.24) is 5.43 Å². The van der Waals surface area contributed by atoms with Crippen molar-refractivity contribution < 1.29 is 24.0 Å². The predicted octanol–water partition coefficient (Wildman–Crippen LogP) is 3.96. The van der Waals surface area contributed by atoms with Gasteiger partial charge < -0.3 is 9.47 Å². The summed E-state index contributed by atoms with van der Waals surface area (Å²) >= 11 is 0. The van der Waals surface area contributed by atoms with Crippen LogP contribution in [0.4, 0.5) is 5.69 Å². The highest BCUT2D eigenvalue weighted by molar-refractivity contribution is 5.93. The number of nitrogens with zero attached hydrogens (tertiary/aromatic N) is 2. The molecule has 168 valence electrons. The van der Waals surface area contributed by atoms with E-state index >= 15 is 0 Å². The summed E-state index contributed by atoms with van der Waals surface area (Å²) in [5.41, 5.74) is 5.02. The molecule has 9 nitrogen and oxygen atoms in total. The van der Waals surface area contributed by atoms with E-state index in [4.69, 9.17) is 9.47 Å². The maximum absolute atomic E-state index is 12.4. The van der Waals surface area contributed by atoms with Gasteiger partial charge in [0.1, 0.15) is 11.5 Å². The molecule has 3 rings (SSSR count). The van der Waals surface area contributed by atoms with Crippen LogP contribution in [0.5, 0.6) is 11.5 Å². The number of nitrogens with one attached hydrogen (secondary N) is 1. The Morgan fingerprint density at radius 2 is 1.76 bits per heavy atom. The Hall–Kier alpha value is -4.53. The fourth-order valence-corrected chi connectivity index (χ4v) is 2.72. The summed E-state index contributed by atoms with van der Waals surface area (Å²) in [5, 5.41) is 14.6. The molecule has 0 spiro atoms. The fraction of sp³-hybridized carbons (Fsp3) is 0.125. The number of para-hydroxylation sites is 1. The molecule has 0 aromatic heterocycles. The zero-order valence-electron chi connectivity index (χ0n) is 18.0. The molecule has 0 radical (unpaired) electrons. The van der Waals surface area contributed by atoms with Gasteiger partial charge in [-0.1, -0.05) is 18.2 Å². The lowest BCUT2D eigenvalue weighted by Crippen LogP contribution is -2.24. The molecule has 0 saturated carbocycles. The molecule has 1 amide bonds. The van der Waals surface area contributed by atoms with Gasteiger partial charge in [-0.3, -0.25) is 14.9 Å². The van der Waals surface area contributed by atoms with Gasteiger partial charge in [0.2, 0.25) is 0 Å². The van der Waals surface area contributed by atoms with Gasteiger partial charge in [0.25, 0.3) is 11.6 Å². The van der Waals surface area contributed by atoms with E-state index in [9.17, 15) is 19.7 Å². The molecule has 0 aliphatic heterocycles. The minimum atomic E-state index is -0.684. The molecule has 0 heterocycles. The highest BCUT2D eigenvalue weighted by atomic mass is 16.6. The normalized spacial score (nSPS) is 10.6. The summed E-state index contributed by atoms with van der Waals surface area (Å²) < 4.78 is 10.8. The number of hydrogen-bond acceptors (Lipinski definition) is 7. The minimum Gasteiger partial charge on any atom is -0.484 e. The Morgan fingerprint density at radius 3 is 2.45 bits per heavy atom. The largest absolute Gasteiger partial charge is 0.484 e. The number of amides is 1. The Labute approximate surface area is 189 Å². The molecule has 0 fully saturated rings. The van der Waals surface area contributed by atoms with Crippen LogP contribution in [0.25, 0.3) is 0 Å². The molecule has 3 aromatic carbocycles. The Kier molecular flexibility index (Phi) is 7.48. The molecule has 33 heavy (non-hydrogen) atoms. The fourth-order valence-electron chi connectivity index (χ4n) is 2.72. The standard InChI is InChI=1S/C24H21N3O6/c1-16-7-12-21(13-17(16)2)32-15-23(28)26-25-14-19-5-3-4-6-22(19)33-24(29)18-8-10-20(11-9-18)27(30)31/h3-14H,15H2,1-2H3,(H,26,28)/b25-14+. The number of aryl methyl sites for hydroxylation is 2. The molecular weight excluding hydrogens is 426 g/mol. The van der Waals surface area contributed by atoms with E-state index in [1.165, 1.54) is 30.5 Å². The maximum atomic E-state index is 12.4. The molecule has 0 bridgehead atoms. The lowest BCUT2D eigenvalue weighted by molar-refractivity contribution is -0.384. The van der Waals surface area contributed by atoms with Gasteiger partial charge in [-0.05, 0) is 61.4 Å². The van der Waals surface area contributed by atoms with Gasteiger partial charge in [0.15, 0.2) is 6.61 Å². The van der Waals surface area contributed by atoms with Crippen LogP contribution in [0, 0.1) is 24.0 Å². The van der Waals surface area contributed by atoms with E-state index in [0.29, 0.717) is 11.3 Å². The number of carbonyl (C=O) groups is 2. The average Bonchev–Trinajstić information content (AvgIpc) is 2.81. The zero-order chi connectivity index (χ0) is 23.8. The number of ether oxygens (including phenoxy) is 2. The first-order valence-electron chi connectivity index (χ1n) is 9.91. The van der Waals surface area contributed by atoms with Crippen LogP contribution in [-0.2, 0) is 4.79 Å². The smallest absolute Gasteiger partial charge is 0.343 e. The number of nitro groups is 1. The lowest BCUT2D eigenvalue weighted by Gasteiger charge is -2.08. The van der Waals surface area contributed by atoms with Crippen molar-refractivity contribution in [1.29, 1.82) is 0 Å². The van der Waals surface area contributed by atoms with Gasteiger partial charge in [0, 0.05) is 17.7 Å². The second-order valence-electron chi connectivity index (χ2n) is 7.06. The van der Waals surface area contributed by atoms with E-state index in [-0.39, 0.29) is 23.6 Å². The van der Waals surface area contributed by atoms with Crippen LogP contribution in [-0.4, -0.2) is 29.6 Å². The third-order valence-electron chi connectivity index (χ3n) is 4.68. The molecule has 0 saturated heterocycles. The van der Waals surface area contributed by atoms with Crippen LogP contribution in [0.2, 0.25) is 0 Å². The molecule has 0 unspecified atom stereocenters. The molecular formula is C24H21N3O6. The number of nitro benzene ring substituents is 1. The van der Waals surface area contributed by atoms with E-state index in [1.807, 2.05) is 26.0 Å². The van der Waals surface area contributed by atoms with Gasteiger partial charge >= 0.3 is 5.97 Å². The molecule has 9 heteroatoms. The van der Waals surface area contributed by atoms with Crippen molar-refractivity contribution in [2.75, 3.05) is 6.61 Å². The summed E-state index contributed by atoms with van der Waals surface area (Å²) in [5.74, 6) is -0.340. The van der Waals surface area contributed by atoms with Crippen LogP contribution < -0.4 is 14.9 Å². The highest BCUT2D eigenvalue weighted by Gasteiger charge is 2.13. The van der Waals surface area contributed by atoms with Gasteiger partial charge in [-0.2, -0.15) is 5.10 Å². The molecule has 1 N–H and O–H groups in total. The van der Waals surface area contributed by atoms with Gasteiger partial charge in [-0.25, -0.2) is 10.2 Å². The third kappa shape index (κ3) is 6.47. The first-order chi connectivity index (χ1) is 15.8. The minimum absolute atomic E-state index is 0.128. The first-order valence-corrected chi connectivity index (χ1v) is 9.91. The topological polar surface area (TPSA) is 120 Å². The summed E-state index contributed by atoms with van der Waals surface area (Å²) in [4.78, 5) is 34.6.